The number of hydrogen-bond acceptors (Lipinski definition) is 1. The minimum atomic E-state index is -1.64. The second-order valence-electron chi connectivity index (χ2n) is 4.25. The Bertz CT molecular complexity index is 154. The summed E-state index contributed by atoms with van der Waals surface area (Å²) >= 11 is 0. The average Bonchev–Trinajstić information content (AvgIpc) is 1.79. The Balaban J connectivity index is 3.75. The third kappa shape index (κ3) is 7.66. The van der Waals surface area contributed by atoms with E-state index in [1.54, 1.807) is 0 Å². The molecular weight excluding hydrogens is 160 g/mol. The molecule has 0 rings (SSSR count). The second kappa shape index (κ2) is 4.55. The van der Waals surface area contributed by atoms with Crippen molar-refractivity contribution in [3.8, 4) is 0 Å². The molecule has 2 N–H and O–H groups in total. The molecule has 0 amide bonds. The highest BCUT2D eigenvalue weighted by Gasteiger charge is 2.14. The monoisotopic (exact) mass is 177 g/mol. The SMILES string of the molecule is CC(C)(C)CC(N)CC=C(F)F. The van der Waals surface area contributed by atoms with E-state index in [2.05, 4.69) is 0 Å². The Kier molecular flexibility index (Phi) is 4.39. The molecule has 12 heavy (non-hydrogen) atoms. The molecule has 0 radical (unpaired) electrons. The van der Waals surface area contributed by atoms with Gasteiger partial charge in [0.25, 0.3) is 6.08 Å². The molecule has 0 saturated carbocycles. The molecule has 1 atom stereocenters. The van der Waals surface area contributed by atoms with Gasteiger partial charge in [0.2, 0.25) is 0 Å². The van der Waals surface area contributed by atoms with E-state index in [9.17, 15) is 8.78 Å². The van der Waals surface area contributed by atoms with Crippen LogP contribution in [0.2, 0.25) is 0 Å². The number of rotatable bonds is 3. The van der Waals surface area contributed by atoms with Gasteiger partial charge < -0.3 is 5.73 Å². The Labute approximate surface area is 72.6 Å². The van der Waals surface area contributed by atoms with Crippen LogP contribution in [0.25, 0.3) is 0 Å². The smallest absolute Gasteiger partial charge is 0.266 e. The first-order valence-corrected chi connectivity index (χ1v) is 4.08. The molecule has 3 heteroatoms. The van der Waals surface area contributed by atoms with Crippen molar-refractivity contribution < 1.29 is 8.78 Å². The van der Waals surface area contributed by atoms with Gasteiger partial charge in [0.15, 0.2) is 0 Å². The zero-order valence-corrected chi connectivity index (χ0v) is 7.90. The van der Waals surface area contributed by atoms with Gasteiger partial charge >= 0.3 is 0 Å². The van der Waals surface area contributed by atoms with Gasteiger partial charge in [0.05, 0.1) is 0 Å². The lowest BCUT2D eigenvalue weighted by atomic mass is 9.87. The summed E-state index contributed by atoms with van der Waals surface area (Å²) in [4.78, 5) is 0. The maximum atomic E-state index is 11.6. The predicted molar refractivity (Wildman–Crippen MR) is 47.0 cm³/mol. The summed E-state index contributed by atoms with van der Waals surface area (Å²) in [7, 11) is 0. The molecule has 1 unspecified atom stereocenters. The molecule has 72 valence electrons. The van der Waals surface area contributed by atoms with E-state index in [0.29, 0.717) is 0 Å². The van der Waals surface area contributed by atoms with Crippen molar-refractivity contribution in [2.45, 2.75) is 39.7 Å². The summed E-state index contributed by atoms with van der Waals surface area (Å²) in [5.41, 5.74) is 5.74. The Morgan fingerprint density at radius 1 is 1.42 bits per heavy atom. The van der Waals surface area contributed by atoms with Crippen molar-refractivity contribution >= 4 is 0 Å². The minimum absolute atomic E-state index is 0.111. The van der Waals surface area contributed by atoms with Crippen LogP contribution in [0, 0.1) is 5.41 Å². The normalized spacial score (nSPS) is 14.2. The number of halogens is 2. The van der Waals surface area contributed by atoms with Crippen LogP contribution in [0.15, 0.2) is 12.2 Å². The van der Waals surface area contributed by atoms with E-state index in [1.807, 2.05) is 20.8 Å². The summed E-state index contributed by atoms with van der Waals surface area (Å²) < 4.78 is 23.3. The summed E-state index contributed by atoms with van der Waals surface area (Å²) in [5.74, 6) is 0. The van der Waals surface area contributed by atoms with Gasteiger partial charge in [0.1, 0.15) is 0 Å². The topological polar surface area (TPSA) is 26.0 Å². The van der Waals surface area contributed by atoms with Gasteiger partial charge in [-0.2, -0.15) is 8.78 Å². The highest BCUT2D eigenvalue weighted by Crippen LogP contribution is 2.21. The molecule has 0 heterocycles. The first kappa shape index (κ1) is 11.6. The fourth-order valence-electron chi connectivity index (χ4n) is 1.11. The Hall–Kier alpha value is -0.440. The van der Waals surface area contributed by atoms with E-state index >= 15 is 0 Å². The van der Waals surface area contributed by atoms with Gasteiger partial charge in [-0.15, -0.1) is 0 Å². The van der Waals surface area contributed by atoms with Crippen LogP contribution in [0.5, 0.6) is 0 Å². The van der Waals surface area contributed by atoms with Gasteiger partial charge in [-0.3, -0.25) is 0 Å². The summed E-state index contributed by atoms with van der Waals surface area (Å²) in [5, 5.41) is 0. The van der Waals surface area contributed by atoms with E-state index in [1.165, 1.54) is 0 Å². The minimum Gasteiger partial charge on any atom is -0.327 e. The molecule has 0 bridgehead atoms. The molecule has 0 aliphatic carbocycles. The zero-order chi connectivity index (χ0) is 9.78. The molecule has 0 aromatic rings. The van der Waals surface area contributed by atoms with Crippen LogP contribution < -0.4 is 5.73 Å². The third-order valence-electron chi connectivity index (χ3n) is 1.45. The Morgan fingerprint density at radius 3 is 2.25 bits per heavy atom. The van der Waals surface area contributed by atoms with E-state index in [-0.39, 0.29) is 17.9 Å². The summed E-state index contributed by atoms with van der Waals surface area (Å²) in [6.07, 6.45) is 0.270. The molecule has 0 aliphatic rings. The highest BCUT2D eigenvalue weighted by atomic mass is 19.3. The van der Waals surface area contributed by atoms with Gasteiger partial charge in [-0.25, -0.2) is 0 Å². The van der Waals surface area contributed by atoms with Crippen LogP contribution in [-0.4, -0.2) is 6.04 Å². The van der Waals surface area contributed by atoms with Crippen molar-refractivity contribution in [3.05, 3.63) is 12.2 Å². The fourth-order valence-corrected chi connectivity index (χ4v) is 1.11. The van der Waals surface area contributed by atoms with Gasteiger partial charge in [0, 0.05) is 6.04 Å². The van der Waals surface area contributed by atoms with Crippen molar-refractivity contribution in [2.75, 3.05) is 0 Å². The lowest BCUT2D eigenvalue weighted by Gasteiger charge is -2.21. The van der Waals surface area contributed by atoms with E-state index in [0.717, 1.165) is 12.5 Å². The lowest BCUT2D eigenvalue weighted by Crippen LogP contribution is -2.25. The van der Waals surface area contributed by atoms with Crippen LogP contribution >= 0.6 is 0 Å². The molecule has 0 aliphatic heterocycles. The highest BCUT2D eigenvalue weighted by molar-refractivity contribution is 4.86. The standard InChI is InChI=1S/C9H17F2N/c1-9(2,3)6-7(12)4-5-8(10)11/h5,7H,4,6,12H2,1-3H3. The van der Waals surface area contributed by atoms with Crippen LogP contribution in [-0.2, 0) is 0 Å². The van der Waals surface area contributed by atoms with Crippen LogP contribution in [0.1, 0.15) is 33.6 Å². The van der Waals surface area contributed by atoms with E-state index in [4.69, 9.17) is 5.73 Å². The molecule has 0 saturated heterocycles. The molecule has 1 nitrogen and oxygen atoms in total. The number of nitrogens with two attached hydrogens (primary N) is 1. The third-order valence-corrected chi connectivity index (χ3v) is 1.45. The van der Waals surface area contributed by atoms with Crippen molar-refractivity contribution in [1.82, 2.24) is 0 Å². The van der Waals surface area contributed by atoms with E-state index < -0.39 is 6.08 Å². The maximum Gasteiger partial charge on any atom is 0.266 e. The lowest BCUT2D eigenvalue weighted by molar-refractivity contribution is 0.336. The first-order valence-electron chi connectivity index (χ1n) is 4.08. The quantitative estimate of drug-likeness (QED) is 0.704. The largest absolute Gasteiger partial charge is 0.327 e. The zero-order valence-electron chi connectivity index (χ0n) is 7.90. The second-order valence-corrected chi connectivity index (χ2v) is 4.25. The van der Waals surface area contributed by atoms with Crippen LogP contribution in [0.3, 0.4) is 0 Å². The predicted octanol–water partition coefficient (Wildman–Crippen LogP) is 2.92. The molecule has 0 aromatic heterocycles. The molecular formula is C9H17F2N. The van der Waals surface area contributed by atoms with Crippen molar-refractivity contribution in [2.24, 2.45) is 11.1 Å². The average molecular weight is 177 g/mol. The molecule has 0 spiro atoms. The number of hydrogen-bond donors (Lipinski definition) is 1. The molecule has 0 fully saturated rings. The fraction of sp³-hybridized carbons (Fsp3) is 0.778. The van der Waals surface area contributed by atoms with Crippen molar-refractivity contribution in [3.63, 3.8) is 0 Å². The van der Waals surface area contributed by atoms with Gasteiger partial charge in [-0.1, -0.05) is 20.8 Å². The van der Waals surface area contributed by atoms with Crippen LogP contribution in [0.4, 0.5) is 8.78 Å². The Morgan fingerprint density at radius 2 is 1.92 bits per heavy atom. The molecule has 0 aromatic carbocycles. The summed E-state index contributed by atoms with van der Waals surface area (Å²) in [6.45, 7) is 6.13. The van der Waals surface area contributed by atoms with Gasteiger partial charge in [-0.05, 0) is 24.3 Å². The maximum absolute atomic E-state index is 11.6. The summed E-state index contributed by atoms with van der Waals surface area (Å²) in [6, 6.07) is -0.161. The van der Waals surface area contributed by atoms with Crippen molar-refractivity contribution in [1.29, 1.82) is 0 Å². The first-order chi connectivity index (χ1) is 5.31.